The smallest absolute Gasteiger partial charge is 0.338 e. The van der Waals surface area contributed by atoms with E-state index in [1.165, 1.54) is 18.2 Å². The first-order valence-corrected chi connectivity index (χ1v) is 10.3. The van der Waals surface area contributed by atoms with Crippen LogP contribution in [0, 0.1) is 18.2 Å². The number of sulfonamides is 1. The number of rotatable bonds is 6. The third-order valence-corrected chi connectivity index (χ3v) is 6.71. The lowest BCUT2D eigenvalue weighted by Gasteiger charge is -2.27. The molecule has 0 spiro atoms. The van der Waals surface area contributed by atoms with E-state index in [1.807, 2.05) is 0 Å². The van der Waals surface area contributed by atoms with Gasteiger partial charge in [0.15, 0.2) is 5.41 Å². The van der Waals surface area contributed by atoms with Crippen molar-refractivity contribution in [2.45, 2.75) is 30.9 Å². The van der Waals surface area contributed by atoms with Crippen molar-refractivity contribution in [1.29, 1.82) is 0 Å². The molecule has 3 rings (SSSR count). The zero-order chi connectivity index (χ0) is 21.3. The molecule has 1 aliphatic heterocycles. The fraction of sp³-hybridized carbons (Fsp3) is 0.444. The Hall–Kier alpha value is -2.45. The fourth-order valence-electron chi connectivity index (χ4n) is 3.19. The zero-order valence-corrected chi connectivity index (χ0v) is 15.9. The first-order valence-electron chi connectivity index (χ1n) is 8.67. The van der Waals surface area contributed by atoms with E-state index in [9.17, 15) is 26.0 Å². The highest BCUT2D eigenvalue weighted by Gasteiger charge is 2.64. The summed E-state index contributed by atoms with van der Waals surface area (Å²) in [6.07, 6.45) is 0.0554. The Kier molecular flexibility index (Phi) is 5.69. The number of aromatic nitrogens is 2. The second kappa shape index (κ2) is 7.76. The highest BCUT2D eigenvalue weighted by molar-refractivity contribution is 7.89. The summed E-state index contributed by atoms with van der Waals surface area (Å²) >= 11 is 0. The maximum Gasteiger partial charge on any atom is 0.404 e. The van der Waals surface area contributed by atoms with Crippen molar-refractivity contribution < 1.29 is 30.5 Å². The summed E-state index contributed by atoms with van der Waals surface area (Å²) < 4.78 is 85.9. The summed E-state index contributed by atoms with van der Waals surface area (Å²) in [5.74, 6) is 0.391. The van der Waals surface area contributed by atoms with E-state index in [-0.39, 0.29) is 36.5 Å². The number of terminal acetylenes is 1. The van der Waals surface area contributed by atoms with Gasteiger partial charge in [0, 0.05) is 25.1 Å². The average molecular weight is 431 g/mol. The lowest BCUT2D eigenvalue weighted by molar-refractivity contribution is -0.192. The number of nitrogens with zero attached hydrogens (tertiary/aromatic N) is 3. The van der Waals surface area contributed by atoms with Gasteiger partial charge in [-0.3, -0.25) is 0 Å². The van der Waals surface area contributed by atoms with E-state index in [1.54, 1.807) is 0 Å². The number of unbranched alkanes of at least 4 members (excludes halogenated alkanes) is 1. The second-order valence-electron chi connectivity index (χ2n) is 6.72. The van der Waals surface area contributed by atoms with E-state index in [0.29, 0.717) is 0 Å². The van der Waals surface area contributed by atoms with Crippen LogP contribution in [0.4, 0.5) is 17.6 Å². The van der Waals surface area contributed by atoms with Crippen LogP contribution in [0.3, 0.4) is 0 Å². The number of alkyl halides is 3. The minimum atomic E-state index is -4.83. The second-order valence-corrected chi connectivity index (χ2v) is 8.81. The minimum absolute atomic E-state index is 0.147. The summed E-state index contributed by atoms with van der Waals surface area (Å²) in [5, 5.41) is 3.54. The van der Waals surface area contributed by atoms with Gasteiger partial charge in [-0.1, -0.05) is 17.3 Å². The van der Waals surface area contributed by atoms with Crippen LogP contribution in [-0.4, -0.2) is 47.9 Å². The number of hydrogen-bond acceptors (Lipinski definition) is 5. The SMILES string of the molecule is C#CCCCS(=O)(=O)N1CCC(c2nc(-c3cccc(F)c3)no2)(C(F)(F)F)C1. The van der Waals surface area contributed by atoms with Gasteiger partial charge in [0.2, 0.25) is 21.7 Å². The summed E-state index contributed by atoms with van der Waals surface area (Å²) in [6, 6.07) is 5.02. The van der Waals surface area contributed by atoms with E-state index < -0.39 is 46.3 Å². The highest BCUT2D eigenvalue weighted by Crippen LogP contribution is 2.48. The molecule has 156 valence electrons. The van der Waals surface area contributed by atoms with Crippen molar-refractivity contribution in [3.63, 3.8) is 0 Å². The lowest BCUT2D eigenvalue weighted by Crippen LogP contribution is -2.46. The first kappa shape index (κ1) is 21.3. The topological polar surface area (TPSA) is 76.3 Å². The van der Waals surface area contributed by atoms with Crippen molar-refractivity contribution in [2.24, 2.45) is 0 Å². The van der Waals surface area contributed by atoms with Crippen molar-refractivity contribution >= 4 is 10.0 Å². The molecular weight excluding hydrogens is 414 g/mol. The molecule has 2 heterocycles. The van der Waals surface area contributed by atoms with Crippen molar-refractivity contribution in [1.82, 2.24) is 14.4 Å². The Labute approximate surface area is 164 Å². The van der Waals surface area contributed by atoms with Crippen molar-refractivity contribution in [3.05, 3.63) is 36.0 Å². The Morgan fingerprint density at radius 2 is 2.10 bits per heavy atom. The average Bonchev–Trinajstić information content (AvgIpc) is 3.30. The van der Waals surface area contributed by atoms with Crippen LogP contribution in [0.1, 0.15) is 25.2 Å². The standard InChI is InChI=1S/C18H17F4N3O3S/c1-2-3-4-10-29(26,27)25-9-8-17(12-25,18(20,21)22)16-23-15(24-28-16)13-6-5-7-14(19)11-13/h1,5-7,11H,3-4,8-10,12H2. The molecule has 0 aliphatic carbocycles. The van der Waals surface area contributed by atoms with Gasteiger partial charge in [-0.15, -0.1) is 12.3 Å². The molecule has 1 aliphatic rings. The maximum absolute atomic E-state index is 14.0. The van der Waals surface area contributed by atoms with Crippen molar-refractivity contribution in [2.75, 3.05) is 18.8 Å². The molecule has 0 saturated carbocycles. The van der Waals surface area contributed by atoms with Crippen LogP contribution in [0.2, 0.25) is 0 Å². The molecule has 1 unspecified atom stereocenters. The Bertz CT molecular complexity index is 1030. The van der Waals surface area contributed by atoms with Gasteiger partial charge in [-0.25, -0.2) is 17.1 Å². The van der Waals surface area contributed by atoms with Gasteiger partial charge in [-0.2, -0.15) is 18.2 Å². The fourth-order valence-corrected chi connectivity index (χ4v) is 4.74. The number of benzene rings is 1. The molecule has 29 heavy (non-hydrogen) atoms. The van der Waals surface area contributed by atoms with Crippen LogP contribution < -0.4 is 0 Å². The molecule has 1 aromatic heterocycles. The summed E-state index contributed by atoms with van der Waals surface area (Å²) in [6.45, 7) is -1.20. The largest absolute Gasteiger partial charge is 0.404 e. The monoisotopic (exact) mass is 431 g/mol. The third kappa shape index (κ3) is 4.13. The van der Waals surface area contributed by atoms with Crippen LogP contribution in [-0.2, 0) is 15.4 Å². The van der Waals surface area contributed by atoms with Crippen LogP contribution in [0.25, 0.3) is 11.4 Å². The van der Waals surface area contributed by atoms with Gasteiger partial charge >= 0.3 is 6.18 Å². The Balaban J connectivity index is 1.91. The Morgan fingerprint density at radius 3 is 2.76 bits per heavy atom. The molecule has 0 amide bonds. The molecule has 1 saturated heterocycles. The molecule has 2 aromatic rings. The van der Waals surface area contributed by atoms with Gasteiger partial charge < -0.3 is 4.52 Å². The third-order valence-electron chi connectivity index (χ3n) is 4.81. The molecule has 0 N–H and O–H groups in total. The predicted octanol–water partition coefficient (Wildman–Crippen LogP) is 3.12. The van der Waals surface area contributed by atoms with Crippen LogP contribution in [0.15, 0.2) is 28.8 Å². The normalized spacial score (nSPS) is 20.7. The summed E-state index contributed by atoms with van der Waals surface area (Å²) in [7, 11) is -3.92. The van der Waals surface area contributed by atoms with Gasteiger partial charge in [0.05, 0.1) is 5.75 Å². The van der Waals surface area contributed by atoms with Gasteiger partial charge in [-0.05, 0) is 25.0 Å². The van der Waals surface area contributed by atoms with E-state index in [0.717, 1.165) is 10.4 Å². The van der Waals surface area contributed by atoms with Crippen LogP contribution in [0.5, 0.6) is 0 Å². The summed E-state index contributed by atoms with van der Waals surface area (Å²) in [5.41, 5.74) is -2.49. The van der Waals surface area contributed by atoms with E-state index >= 15 is 0 Å². The molecule has 1 aromatic carbocycles. The maximum atomic E-state index is 14.0. The molecule has 0 bridgehead atoms. The quantitative estimate of drug-likeness (QED) is 0.399. The molecular formula is C18H17F4N3O3S. The number of halogens is 4. The van der Waals surface area contributed by atoms with Crippen LogP contribution >= 0.6 is 0 Å². The predicted molar refractivity (Wildman–Crippen MR) is 95.5 cm³/mol. The molecule has 0 radical (unpaired) electrons. The lowest BCUT2D eigenvalue weighted by atomic mass is 9.86. The van der Waals surface area contributed by atoms with Gasteiger partial charge in [0.1, 0.15) is 5.82 Å². The first-order chi connectivity index (χ1) is 13.6. The minimum Gasteiger partial charge on any atom is -0.338 e. The summed E-state index contributed by atoms with van der Waals surface area (Å²) in [4.78, 5) is 3.82. The molecule has 1 atom stereocenters. The zero-order valence-electron chi connectivity index (χ0n) is 15.1. The molecule has 11 heteroatoms. The molecule has 6 nitrogen and oxygen atoms in total. The number of hydrogen-bond donors (Lipinski definition) is 0. The van der Waals surface area contributed by atoms with E-state index in [2.05, 4.69) is 16.1 Å². The Morgan fingerprint density at radius 1 is 1.34 bits per heavy atom. The van der Waals surface area contributed by atoms with E-state index in [4.69, 9.17) is 10.9 Å². The van der Waals surface area contributed by atoms with Gasteiger partial charge in [0.25, 0.3) is 0 Å². The highest BCUT2D eigenvalue weighted by atomic mass is 32.2. The van der Waals surface area contributed by atoms with Crippen molar-refractivity contribution in [3.8, 4) is 23.7 Å². The molecule has 1 fully saturated rings.